The second-order valence-corrected chi connectivity index (χ2v) is 12.3. The molecule has 4 rings (SSSR count). The Morgan fingerprint density at radius 2 is 1.81 bits per heavy atom. The fourth-order valence-corrected chi connectivity index (χ4v) is 8.68. The first kappa shape index (κ1) is 23.3. The summed E-state index contributed by atoms with van der Waals surface area (Å²) >= 11 is 0. The van der Waals surface area contributed by atoms with Crippen LogP contribution in [0.5, 0.6) is 0 Å². The Labute approximate surface area is 188 Å². The first-order valence-corrected chi connectivity index (χ1v) is 12.8. The van der Waals surface area contributed by atoms with Gasteiger partial charge in [0.2, 0.25) is 0 Å². The number of carbonyl (C=O) groups is 1. The van der Waals surface area contributed by atoms with Crippen LogP contribution in [0.2, 0.25) is 0 Å². The Bertz CT molecular complexity index is 727. The Morgan fingerprint density at radius 1 is 1.06 bits per heavy atom. The summed E-state index contributed by atoms with van der Waals surface area (Å²) in [5.74, 6) is 1.22. The van der Waals surface area contributed by atoms with Crippen molar-refractivity contribution in [3.63, 3.8) is 0 Å². The SMILES string of the molecule is CC(CCC[C@@H](C)[C@H]1CC[C@H]2[C@@H]3CC=C4CC(O)(O)CC[C@]4(C)[C@H]3CC[C@]12C)C(=O)O. The van der Waals surface area contributed by atoms with Crippen LogP contribution in [0, 0.1) is 46.3 Å². The van der Waals surface area contributed by atoms with E-state index in [4.69, 9.17) is 5.11 Å². The fraction of sp³-hybridized carbons (Fsp3) is 0.889. The maximum atomic E-state index is 11.1. The molecule has 0 aliphatic heterocycles. The van der Waals surface area contributed by atoms with Crippen molar-refractivity contribution in [2.45, 2.75) is 104 Å². The van der Waals surface area contributed by atoms with Gasteiger partial charge in [-0.25, -0.2) is 0 Å². The van der Waals surface area contributed by atoms with Crippen molar-refractivity contribution in [1.82, 2.24) is 0 Å². The molecule has 4 aliphatic rings. The van der Waals surface area contributed by atoms with Crippen molar-refractivity contribution in [3.8, 4) is 0 Å². The molecular weight excluding hydrogens is 388 g/mol. The molecule has 0 aromatic carbocycles. The number of rotatable bonds is 6. The van der Waals surface area contributed by atoms with Crippen molar-refractivity contribution in [3.05, 3.63) is 11.6 Å². The van der Waals surface area contributed by atoms with Gasteiger partial charge in [-0.15, -0.1) is 0 Å². The van der Waals surface area contributed by atoms with Crippen LogP contribution in [0.25, 0.3) is 0 Å². The van der Waals surface area contributed by atoms with Gasteiger partial charge < -0.3 is 15.3 Å². The van der Waals surface area contributed by atoms with Crippen molar-refractivity contribution in [2.24, 2.45) is 46.3 Å². The monoisotopic (exact) mass is 432 g/mol. The molecule has 3 N–H and O–H groups in total. The minimum atomic E-state index is -1.51. The van der Waals surface area contributed by atoms with E-state index in [-0.39, 0.29) is 11.3 Å². The maximum Gasteiger partial charge on any atom is 0.306 e. The zero-order chi connectivity index (χ0) is 22.6. The van der Waals surface area contributed by atoms with Crippen molar-refractivity contribution in [2.75, 3.05) is 0 Å². The highest BCUT2D eigenvalue weighted by Crippen LogP contribution is 2.67. The molecule has 4 nitrogen and oxygen atoms in total. The van der Waals surface area contributed by atoms with Gasteiger partial charge >= 0.3 is 5.97 Å². The lowest BCUT2D eigenvalue weighted by molar-refractivity contribution is -0.189. The minimum Gasteiger partial charge on any atom is -0.481 e. The van der Waals surface area contributed by atoms with Crippen LogP contribution in [0.15, 0.2) is 11.6 Å². The van der Waals surface area contributed by atoms with Gasteiger partial charge in [-0.2, -0.15) is 0 Å². The van der Waals surface area contributed by atoms with E-state index in [9.17, 15) is 15.0 Å². The minimum absolute atomic E-state index is 0.149. The van der Waals surface area contributed by atoms with Crippen molar-refractivity contribution in [1.29, 1.82) is 0 Å². The molecule has 0 aromatic rings. The van der Waals surface area contributed by atoms with Gasteiger partial charge in [0.15, 0.2) is 5.79 Å². The summed E-state index contributed by atoms with van der Waals surface area (Å²) in [5, 5.41) is 29.6. The average Bonchev–Trinajstić information content (AvgIpc) is 3.05. The molecule has 176 valence electrons. The summed E-state index contributed by atoms with van der Waals surface area (Å²) < 4.78 is 0. The van der Waals surface area contributed by atoms with E-state index in [1.807, 2.05) is 6.92 Å². The molecule has 4 heteroatoms. The first-order chi connectivity index (χ1) is 14.5. The molecule has 0 radical (unpaired) electrons. The van der Waals surface area contributed by atoms with Crippen LogP contribution < -0.4 is 0 Å². The molecule has 0 amide bonds. The van der Waals surface area contributed by atoms with Gasteiger partial charge in [0, 0.05) is 12.8 Å². The Hall–Kier alpha value is -0.870. The normalized spacial score (nSPS) is 43.2. The second-order valence-electron chi connectivity index (χ2n) is 12.3. The largest absolute Gasteiger partial charge is 0.481 e. The smallest absolute Gasteiger partial charge is 0.306 e. The molecule has 8 atom stereocenters. The predicted octanol–water partition coefficient (Wildman–Crippen LogP) is 5.77. The molecule has 0 spiro atoms. The Kier molecular flexibility index (Phi) is 6.14. The summed E-state index contributed by atoms with van der Waals surface area (Å²) in [5.41, 5.74) is 1.87. The summed E-state index contributed by atoms with van der Waals surface area (Å²) in [7, 11) is 0. The molecule has 0 aromatic heterocycles. The first-order valence-electron chi connectivity index (χ1n) is 12.8. The highest BCUT2D eigenvalue weighted by Gasteiger charge is 2.59. The molecule has 0 heterocycles. The van der Waals surface area contributed by atoms with Crippen LogP contribution in [0.3, 0.4) is 0 Å². The van der Waals surface area contributed by atoms with Crippen LogP contribution >= 0.6 is 0 Å². The Balaban J connectivity index is 1.45. The lowest BCUT2D eigenvalue weighted by Crippen LogP contribution is -2.52. The van der Waals surface area contributed by atoms with Crippen LogP contribution in [0.4, 0.5) is 0 Å². The van der Waals surface area contributed by atoms with E-state index in [1.165, 1.54) is 31.3 Å². The quantitative estimate of drug-likeness (QED) is 0.368. The number of hydrogen-bond donors (Lipinski definition) is 3. The van der Waals surface area contributed by atoms with E-state index >= 15 is 0 Å². The molecule has 4 aliphatic carbocycles. The number of aliphatic hydroxyl groups is 2. The third-order valence-electron chi connectivity index (χ3n) is 10.6. The van der Waals surface area contributed by atoms with Crippen molar-refractivity contribution >= 4 is 5.97 Å². The molecule has 31 heavy (non-hydrogen) atoms. The maximum absolute atomic E-state index is 11.1. The third-order valence-corrected chi connectivity index (χ3v) is 10.6. The lowest BCUT2D eigenvalue weighted by Gasteiger charge is -2.59. The van der Waals surface area contributed by atoms with Gasteiger partial charge in [0.25, 0.3) is 0 Å². The summed E-state index contributed by atoms with van der Waals surface area (Å²) in [4.78, 5) is 11.1. The second kappa shape index (κ2) is 8.17. The van der Waals surface area contributed by atoms with E-state index in [0.717, 1.165) is 49.9 Å². The van der Waals surface area contributed by atoms with Crippen molar-refractivity contribution < 1.29 is 20.1 Å². The standard InChI is InChI=1S/C27H44O4/c1-17(6-5-7-18(2)24(28)29)21-10-11-22-20-9-8-19-16-27(30,31)15-14-25(19,3)23(20)12-13-26(21,22)4/h8,17-18,20-23,30-31H,5-7,9-16H2,1-4H3,(H,28,29)/t17-,18?,20+,21-,22+,23+,25+,26-/m1/s1. The van der Waals surface area contributed by atoms with Gasteiger partial charge in [-0.05, 0) is 85.4 Å². The van der Waals surface area contributed by atoms with E-state index < -0.39 is 11.8 Å². The van der Waals surface area contributed by atoms with Gasteiger partial charge in [-0.3, -0.25) is 4.79 Å². The molecule has 3 saturated carbocycles. The average molecular weight is 433 g/mol. The van der Waals surface area contributed by atoms with Gasteiger partial charge in [0.05, 0.1) is 5.92 Å². The number of carboxylic acid groups (broad SMARTS) is 1. The molecule has 0 bridgehead atoms. The highest BCUT2D eigenvalue weighted by molar-refractivity contribution is 5.69. The molecule has 3 fully saturated rings. The zero-order valence-electron chi connectivity index (χ0n) is 20.1. The summed E-state index contributed by atoms with van der Waals surface area (Å²) in [6.07, 6.45) is 13.5. The summed E-state index contributed by atoms with van der Waals surface area (Å²) in [6.45, 7) is 9.22. The van der Waals surface area contributed by atoms with Crippen LogP contribution in [-0.4, -0.2) is 27.1 Å². The van der Waals surface area contributed by atoms with Gasteiger partial charge in [-0.1, -0.05) is 52.2 Å². The molecular formula is C27H44O4. The van der Waals surface area contributed by atoms with E-state index in [2.05, 4.69) is 26.8 Å². The number of fused-ring (bicyclic) bond motifs is 5. The van der Waals surface area contributed by atoms with E-state index in [1.54, 1.807) is 0 Å². The lowest BCUT2D eigenvalue weighted by atomic mass is 9.46. The zero-order valence-corrected chi connectivity index (χ0v) is 20.1. The molecule has 1 unspecified atom stereocenters. The third kappa shape index (κ3) is 4.01. The Morgan fingerprint density at radius 3 is 2.52 bits per heavy atom. The van der Waals surface area contributed by atoms with E-state index in [0.29, 0.717) is 30.1 Å². The molecule has 0 saturated heterocycles. The van der Waals surface area contributed by atoms with Crippen LogP contribution in [-0.2, 0) is 4.79 Å². The van der Waals surface area contributed by atoms with Crippen LogP contribution in [0.1, 0.15) is 98.3 Å². The number of allylic oxidation sites excluding steroid dienone is 1. The topological polar surface area (TPSA) is 77.8 Å². The van der Waals surface area contributed by atoms with Gasteiger partial charge in [0.1, 0.15) is 0 Å². The number of hydrogen-bond acceptors (Lipinski definition) is 3. The fourth-order valence-electron chi connectivity index (χ4n) is 8.68. The number of aliphatic carboxylic acids is 1. The predicted molar refractivity (Wildman–Crippen MR) is 122 cm³/mol. The summed E-state index contributed by atoms with van der Waals surface area (Å²) in [6, 6.07) is 0. The highest BCUT2D eigenvalue weighted by atomic mass is 16.5. The number of carboxylic acids is 1.